The number of para-hydroxylation sites is 1. The summed E-state index contributed by atoms with van der Waals surface area (Å²) in [7, 11) is 0. The summed E-state index contributed by atoms with van der Waals surface area (Å²) in [5, 5.41) is 22.4. The minimum absolute atomic E-state index is 0.0181. The number of fused-ring (bicyclic) bond motifs is 9. The fraction of sp³-hybridized carbons (Fsp3) is 0.551. The lowest BCUT2D eigenvalue weighted by molar-refractivity contribution is -0.234. The Hall–Kier alpha value is -7.30. The van der Waals surface area contributed by atoms with Gasteiger partial charge in [-0.2, -0.15) is 0 Å². The molecule has 0 spiro atoms. The van der Waals surface area contributed by atoms with Crippen LogP contribution in [0.2, 0.25) is 0 Å². The molecule has 3 aromatic carbocycles. The van der Waals surface area contributed by atoms with Gasteiger partial charge < -0.3 is 64.4 Å². The van der Waals surface area contributed by atoms with E-state index in [2.05, 4.69) is 33.1 Å². The Bertz CT molecular complexity index is 3350. The van der Waals surface area contributed by atoms with Gasteiger partial charge in [0.2, 0.25) is 35.3 Å². The lowest BCUT2D eigenvalue weighted by atomic mass is 9.44. The summed E-state index contributed by atoms with van der Waals surface area (Å²) in [4.78, 5) is 94.3. The molecule has 9 rings (SSSR count). The third kappa shape index (κ3) is 14.7. The van der Waals surface area contributed by atoms with Crippen molar-refractivity contribution < 1.29 is 85.0 Å². The Morgan fingerprint density at radius 3 is 2.18 bits per heavy atom. The minimum Gasteiger partial charge on any atom is -0.486 e. The maximum atomic E-state index is 17.9. The van der Waals surface area contributed by atoms with Gasteiger partial charge in [0, 0.05) is 59.7 Å². The first-order chi connectivity index (χ1) is 44.0. The number of carbonyl (C=O) groups is 7. The van der Waals surface area contributed by atoms with Gasteiger partial charge in [0.15, 0.2) is 23.3 Å². The topological polar surface area (TPSA) is 256 Å². The summed E-state index contributed by atoms with van der Waals surface area (Å²) < 4.78 is 90.8. The van der Waals surface area contributed by atoms with Gasteiger partial charge in [0.1, 0.15) is 36.4 Å². The van der Waals surface area contributed by atoms with Gasteiger partial charge in [0.05, 0.1) is 83.0 Å². The number of aliphatic hydroxyl groups excluding tert-OH is 1. The highest BCUT2D eigenvalue weighted by molar-refractivity contribution is 6.02. The smallest absolute Gasteiger partial charge is 0.246 e. The minimum atomic E-state index is -2.39. The molecule has 20 nitrogen and oxygen atoms in total. The van der Waals surface area contributed by atoms with Crippen LogP contribution >= 0.6 is 0 Å². The van der Waals surface area contributed by atoms with Crippen molar-refractivity contribution in [2.24, 2.45) is 28.6 Å². The van der Waals surface area contributed by atoms with E-state index in [1.165, 1.54) is 38.1 Å². The van der Waals surface area contributed by atoms with Crippen LogP contribution in [0.3, 0.4) is 0 Å². The molecule has 5 N–H and O–H groups in total. The van der Waals surface area contributed by atoms with Gasteiger partial charge in [-0.3, -0.25) is 33.6 Å². The number of nitrogens with zero attached hydrogens (tertiary/aromatic N) is 1. The number of benzene rings is 3. The molecule has 12 atom stereocenters. The van der Waals surface area contributed by atoms with E-state index in [0.29, 0.717) is 44.9 Å². The van der Waals surface area contributed by atoms with Crippen LogP contribution in [0.4, 0.5) is 24.5 Å². The number of rotatable bonds is 30. The van der Waals surface area contributed by atoms with Crippen molar-refractivity contribution in [2.75, 3.05) is 76.2 Å². The Morgan fingerprint density at radius 2 is 1.48 bits per heavy atom. The first-order valence-electron chi connectivity index (χ1n) is 31.8. The van der Waals surface area contributed by atoms with Crippen molar-refractivity contribution >= 4 is 52.5 Å². The number of allylic oxidation sites excluding steroid dienone is 4. The Labute approximate surface area is 534 Å². The highest BCUT2D eigenvalue weighted by Crippen LogP contribution is 2.72. The molecule has 0 bridgehead atoms. The van der Waals surface area contributed by atoms with Gasteiger partial charge in [-0.05, 0) is 105 Å². The molecule has 0 aromatic heterocycles. The summed E-state index contributed by atoms with van der Waals surface area (Å²) in [6, 6.07) is 16.5. The van der Waals surface area contributed by atoms with Crippen molar-refractivity contribution in [2.45, 2.75) is 147 Å². The average Bonchev–Trinajstić information content (AvgIpc) is 1.41. The van der Waals surface area contributed by atoms with Crippen LogP contribution in [-0.4, -0.2) is 160 Å². The summed E-state index contributed by atoms with van der Waals surface area (Å²) in [5.74, 6) is -0.155. The summed E-state index contributed by atoms with van der Waals surface area (Å²) in [5.41, 5.74) is -4.04. The number of amides is 5. The number of hydrogen-bond acceptors (Lipinski definition) is 15. The monoisotopic (exact) mass is 1280 g/mol. The zero-order valence-electron chi connectivity index (χ0n) is 53.0. The van der Waals surface area contributed by atoms with E-state index in [1.807, 2.05) is 55.5 Å². The van der Waals surface area contributed by atoms with Crippen LogP contribution < -0.4 is 30.9 Å². The summed E-state index contributed by atoms with van der Waals surface area (Å²) >= 11 is 0. The molecule has 23 heteroatoms. The van der Waals surface area contributed by atoms with Gasteiger partial charge in [-0.25, -0.2) is 13.2 Å². The molecule has 3 aromatic rings. The lowest BCUT2D eigenvalue weighted by Crippen LogP contribution is -2.71. The number of anilines is 2. The number of aliphatic hydroxyl groups is 1. The quantitative estimate of drug-likeness (QED) is 0.0337. The molecule has 1 unspecified atom stereocenters. The third-order valence-electron chi connectivity index (χ3n) is 18.8. The molecule has 1 saturated heterocycles. The molecule has 6 aliphatic rings. The number of hydrogen-bond donors (Lipinski definition) is 5. The fourth-order valence-corrected chi connectivity index (χ4v) is 14.1. The Morgan fingerprint density at radius 1 is 0.804 bits per heavy atom. The van der Waals surface area contributed by atoms with E-state index < -0.39 is 112 Å². The maximum absolute atomic E-state index is 17.9. The van der Waals surface area contributed by atoms with E-state index in [9.17, 15) is 38.7 Å². The summed E-state index contributed by atoms with van der Waals surface area (Å²) in [6.07, 6.45) is -0.755. The van der Waals surface area contributed by atoms with Crippen molar-refractivity contribution in [3.05, 3.63) is 113 Å². The molecule has 3 saturated carbocycles. The predicted octanol–water partition coefficient (Wildman–Crippen LogP) is 6.87. The molecule has 2 aliphatic heterocycles. The predicted molar refractivity (Wildman–Crippen MR) is 331 cm³/mol. The number of ether oxygens (including phenoxy) is 7. The van der Waals surface area contributed by atoms with Gasteiger partial charge >= 0.3 is 0 Å². The fourth-order valence-electron chi connectivity index (χ4n) is 14.1. The van der Waals surface area contributed by atoms with Crippen molar-refractivity contribution in [3.63, 3.8) is 0 Å². The number of ketones is 2. The van der Waals surface area contributed by atoms with Crippen LogP contribution in [0.5, 0.6) is 5.75 Å². The molecular weight excluding hydrogens is 1200 g/mol. The second-order valence-corrected chi connectivity index (χ2v) is 25.1. The zero-order chi connectivity index (χ0) is 66.0. The Kier molecular flexibility index (Phi) is 22.7. The number of carbonyl (C=O) groups excluding carboxylic acids is 7. The average molecular weight is 1280 g/mol. The van der Waals surface area contributed by atoms with Gasteiger partial charge in [-0.1, -0.05) is 82.4 Å². The first-order valence-corrected chi connectivity index (χ1v) is 31.8. The van der Waals surface area contributed by atoms with Crippen molar-refractivity contribution in [3.8, 4) is 17.6 Å². The number of Topliss-reactive ketones (excluding diaryl/α,β-unsaturated/α-hetero) is 1. The number of nitrogens with one attached hydrogen (secondary N) is 4. The van der Waals surface area contributed by atoms with Gasteiger partial charge in [-0.15, -0.1) is 0 Å². The van der Waals surface area contributed by atoms with Crippen LogP contribution in [-0.2, 0) is 68.5 Å². The van der Waals surface area contributed by atoms with Crippen molar-refractivity contribution in [1.82, 2.24) is 16.0 Å². The molecule has 0 radical (unpaired) electrons. The van der Waals surface area contributed by atoms with Crippen LogP contribution in [0.15, 0.2) is 90.5 Å². The molecule has 4 aliphatic carbocycles. The van der Waals surface area contributed by atoms with E-state index >= 15 is 13.2 Å². The van der Waals surface area contributed by atoms with Gasteiger partial charge in [0.25, 0.3) is 0 Å². The molecule has 2 heterocycles. The molecular formula is C69H84F3N5O15. The maximum Gasteiger partial charge on any atom is 0.246 e. The second-order valence-electron chi connectivity index (χ2n) is 25.1. The molecule has 92 heavy (non-hydrogen) atoms. The highest BCUT2D eigenvalue weighted by Gasteiger charge is 2.80. The molecule has 4 fully saturated rings. The van der Waals surface area contributed by atoms with Crippen LogP contribution in [0.25, 0.3) is 0 Å². The van der Waals surface area contributed by atoms with E-state index in [0.717, 1.165) is 28.8 Å². The number of alkyl halides is 2. The normalized spacial score (nSPS) is 27.2. The van der Waals surface area contributed by atoms with Crippen LogP contribution in [0, 0.1) is 46.2 Å². The molecule has 5 amide bonds. The third-order valence-corrected chi connectivity index (χ3v) is 18.8. The summed E-state index contributed by atoms with van der Waals surface area (Å²) in [6.45, 7) is 11.9. The Balaban J connectivity index is 0.630. The van der Waals surface area contributed by atoms with Crippen molar-refractivity contribution in [1.29, 1.82) is 0 Å². The highest BCUT2D eigenvalue weighted by atomic mass is 19.1. The van der Waals surface area contributed by atoms with E-state index in [1.54, 1.807) is 25.7 Å². The SMILES string of the molecule is CCCC1O[C@@H]2C[C@H]3[C@@H]4C[C@H](F)C5=CC(=O)C=C[C@]5(C)[C@@]4(F)[C@@H](O)C[C@]3(C)[C@]2(C(=O)COc2ccc(NC(=O)[C@H](C)NC(=O)[C@@H](NC(=O)CCOCCOCCOCCOCCNC(=O)CCC(=O)N3Cc4ccccc4C#Cc4ccccc43)C(C)C)c(F)c2)O1. The zero-order valence-corrected chi connectivity index (χ0v) is 53.0. The second kappa shape index (κ2) is 30.2. The lowest BCUT2D eigenvalue weighted by Gasteiger charge is -2.63. The standard InChI is InChI=1S/C69H84F3N5O15/c1-7-12-62-91-58-38-49-50-37-52(70)51-35-47(78)23-25-66(51,5)68(50,72)56(79)39-67(49,6)69(58,92-62)57(80)41-90-48-19-20-54(53(71)36-48)75-64(84)43(4)74-65(85)63(42(2)3)76-60(82)24-27-86-29-31-88-33-34-89-32-30-87-28-26-73-59(81)21-22-61(83)77-40-46-15-9-8-13-44(46)17-18-45-14-10-11-16-55(45)77/h8-11,13-16,19-20,23,25,35-36,42-43,49-50,52,56,58,62-63,79H,7,12,21-22,24,26-34,37-41H2,1-6H3,(H,73,81)(H,74,85)(H,75,84)(H,76,82)/t43-,49-,50-,52-,56-,58+,62?,63-,66-,67-,68-,69+/m0/s1. The first kappa shape index (κ1) is 69.1. The van der Waals surface area contributed by atoms with Crippen LogP contribution in [0.1, 0.15) is 110 Å². The van der Waals surface area contributed by atoms with E-state index in [-0.39, 0.29) is 113 Å². The molecule has 496 valence electrons. The largest absolute Gasteiger partial charge is 0.486 e. The van der Waals surface area contributed by atoms with E-state index in [4.69, 9.17) is 33.2 Å². The number of halogens is 3.